The maximum Gasteiger partial charge on any atom is 0.0901 e. The number of hydrogen-bond donors (Lipinski definition) is 1. The van der Waals surface area contributed by atoms with E-state index in [1.54, 1.807) is 0 Å². The van der Waals surface area contributed by atoms with Crippen LogP contribution in [-0.4, -0.2) is 41.7 Å². The van der Waals surface area contributed by atoms with Crippen LogP contribution < -0.4 is 5.73 Å². The number of thiocarbonyl (C=S) groups is 1. The molecule has 3 nitrogen and oxygen atoms in total. The molecular formula is C11H22N2OS. The molecule has 0 aromatic heterocycles. The van der Waals surface area contributed by atoms with Gasteiger partial charge in [0.2, 0.25) is 0 Å². The van der Waals surface area contributed by atoms with Gasteiger partial charge in [0, 0.05) is 13.2 Å². The minimum absolute atomic E-state index is 0.253. The van der Waals surface area contributed by atoms with Crippen LogP contribution in [0.5, 0.6) is 0 Å². The average Bonchev–Trinajstić information content (AvgIpc) is 2.19. The molecule has 2 N–H and O–H groups in total. The molecule has 0 saturated carbocycles. The van der Waals surface area contributed by atoms with Gasteiger partial charge in [-0.3, -0.25) is 4.90 Å². The molecule has 0 aliphatic carbocycles. The van der Waals surface area contributed by atoms with Gasteiger partial charge in [0.05, 0.1) is 17.1 Å². The number of rotatable bonds is 5. The maximum atomic E-state index is 5.75. The van der Waals surface area contributed by atoms with Crippen molar-refractivity contribution in [1.29, 1.82) is 0 Å². The van der Waals surface area contributed by atoms with Gasteiger partial charge < -0.3 is 10.5 Å². The maximum absolute atomic E-state index is 5.75. The van der Waals surface area contributed by atoms with E-state index in [9.17, 15) is 0 Å². The van der Waals surface area contributed by atoms with E-state index in [-0.39, 0.29) is 6.04 Å². The predicted octanol–water partition coefficient (Wildman–Crippen LogP) is 1.55. The van der Waals surface area contributed by atoms with Crippen LogP contribution in [0.3, 0.4) is 0 Å². The van der Waals surface area contributed by atoms with E-state index in [0.29, 0.717) is 11.1 Å². The van der Waals surface area contributed by atoms with E-state index < -0.39 is 0 Å². The standard InChI is InChI=1S/C11H22N2OS/c1-3-10(11(12)15)13-7-5-6-9(8-13)14-4-2/h9-10H,3-8H2,1-2H3,(H2,12,15). The quantitative estimate of drug-likeness (QED) is 0.727. The summed E-state index contributed by atoms with van der Waals surface area (Å²) in [6.07, 6.45) is 3.71. The van der Waals surface area contributed by atoms with Gasteiger partial charge in [-0.15, -0.1) is 0 Å². The van der Waals surface area contributed by atoms with E-state index in [1.807, 2.05) is 6.92 Å². The fourth-order valence-electron chi connectivity index (χ4n) is 2.26. The van der Waals surface area contributed by atoms with Gasteiger partial charge >= 0.3 is 0 Å². The first-order valence-electron chi connectivity index (χ1n) is 5.84. The van der Waals surface area contributed by atoms with Crippen LogP contribution in [0, 0.1) is 0 Å². The average molecular weight is 230 g/mol. The second-order valence-electron chi connectivity index (χ2n) is 4.04. The third-order valence-electron chi connectivity index (χ3n) is 2.97. The minimum Gasteiger partial charge on any atom is -0.392 e. The van der Waals surface area contributed by atoms with Crippen LogP contribution in [0.4, 0.5) is 0 Å². The Labute approximate surface area is 98.0 Å². The zero-order chi connectivity index (χ0) is 11.3. The molecule has 1 heterocycles. The first-order chi connectivity index (χ1) is 7.19. The van der Waals surface area contributed by atoms with Crippen molar-refractivity contribution in [3.8, 4) is 0 Å². The van der Waals surface area contributed by atoms with Gasteiger partial charge in [-0.1, -0.05) is 19.1 Å². The van der Waals surface area contributed by atoms with Crippen LogP contribution in [0.15, 0.2) is 0 Å². The van der Waals surface area contributed by atoms with Crippen molar-refractivity contribution in [2.24, 2.45) is 5.73 Å². The van der Waals surface area contributed by atoms with Crippen LogP contribution in [-0.2, 0) is 4.74 Å². The number of nitrogens with two attached hydrogens (primary N) is 1. The SMILES string of the molecule is CCOC1CCCN(C(CC)C(N)=S)C1. The number of ether oxygens (including phenoxy) is 1. The lowest BCUT2D eigenvalue weighted by Crippen LogP contribution is -2.50. The summed E-state index contributed by atoms with van der Waals surface area (Å²) in [5, 5.41) is 0. The highest BCUT2D eigenvalue weighted by Crippen LogP contribution is 2.17. The molecule has 0 radical (unpaired) electrons. The van der Waals surface area contributed by atoms with E-state index in [2.05, 4.69) is 11.8 Å². The lowest BCUT2D eigenvalue weighted by Gasteiger charge is -2.37. The summed E-state index contributed by atoms with van der Waals surface area (Å²) >= 11 is 5.10. The summed E-state index contributed by atoms with van der Waals surface area (Å²) in [7, 11) is 0. The Bertz CT molecular complexity index is 209. The fourth-order valence-corrected chi connectivity index (χ4v) is 2.58. The van der Waals surface area contributed by atoms with Crippen molar-refractivity contribution in [3.63, 3.8) is 0 Å². The first-order valence-corrected chi connectivity index (χ1v) is 6.24. The van der Waals surface area contributed by atoms with Crippen LogP contribution >= 0.6 is 12.2 Å². The molecule has 1 aliphatic rings. The zero-order valence-electron chi connectivity index (χ0n) is 9.74. The van der Waals surface area contributed by atoms with E-state index >= 15 is 0 Å². The topological polar surface area (TPSA) is 38.5 Å². The monoisotopic (exact) mass is 230 g/mol. The lowest BCUT2D eigenvalue weighted by atomic mass is 10.0. The molecule has 4 heteroatoms. The number of hydrogen-bond acceptors (Lipinski definition) is 3. The van der Waals surface area contributed by atoms with Gasteiger partial charge in [-0.05, 0) is 32.7 Å². The smallest absolute Gasteiger partial charge is 0.0901 e. The molecule has 0 spiro atoms. The number of piperidine rings is 1. The molecule has 0 aromatic carbocycles. The predicted molar refractivity (Wildman–Crippen MR) is 67.1 cm³/mol. The van der Waals surface area contributed by atoms with Crippen molar-refractivity contribution in [2.45, 2.75) is 45.3 Å². The number of likely N-dealkylation sites (tertiary alicyclic amines) is 1. The van der Waals surface area contributed by atoms with Crippen molar-refractivity contribution in [3.05, 3.63) is 0 Å². The molecule has 88 valence electrons. The molecule has 1 aliphatic heterocycles. The van der Waals surface area contributed by atoms with E-state index in [0.717, 1.165) is 32.5 Å². The molecule has 0 bridgehead atoms. The number of nitrogens with zero attached hydrogens (tertiary/aromatic N) is 1. The van der Waals surface area contributed by atoms with Gasteiger partial charge in [0.1, 0.15) is 0 Å². The highest BCUT2D eigenvalue weighted by atomic mass is 32.1. The van der Waals surface area contributed by atoms with E-state index in [4.69, 9.17) is 22.7 Å². The normalized spacial score (nSPS) is 25.1. The second-order valence-corrected chi connectivity index (χ2v) is 4.51. The Morgan fingerprint density at radius 1 is 1.60 bits per heavy atom. The summed E-state index contributed by atoms with van der Waals surface area (Å²) in [5.74, 6) is 0. The molecular weight excluding hydrogens is 208 g/mol. The highest BCUT2D eigenvalue weighted by Gasteiger charge is 2.26. The van der Waals surface area contributed by atoms with Crippen LogP contribution in [0.1, 0.15) is 33.1 Å². The molecule has 1 fully saturated rings. The summed E-state index contributed by atoms with van der Waals surface area (Å²) in [4.78, 5) is 2.99. The van der Waals surface area contributed by atoms with Crippen molar-refractivity contribution in [1.82, 2.24) is 4.90 Å². The largest absolute Gasteiger partial charge is 0.392 e. The third-order valence-corrected chi connectivity index (χ3v) is 3.24. The van der Waals surface area contributed by atoms with Crippen molar-refractivity contribution < 1.29 is 4.74 Å². The molecule has 0 aromatic rings. The summed E-state index contributed by atoms with van der Waals surface area (Å²) in [5.41, 5.74) is 5.75. The van der Waals surface area contributed by atoms with E-state index in [1.165, 1.54) is 6.42 Å². The Kier molecular flexibility index (Phi) is 5.50. The summed E-state index contributed by atoms with van der Waals surface area (Å²) in [6, 6.07) is 0.253. The van der Waals surface area contributed by atoms with Gasteiger partial charge in [-0.25, -0.2) is 0 Å². The second kappa shape index (κ2) is 6.40. The molecule has 1 saturated heterocycles. The Morgan fingerprint density at radius 2 is 2.33 bits per heavy atom. The summed E-state index contributed by atoms with van der Waals surface area (Å²) < 4.78 is 5.66. The minimum atomic E-state index is 0.253. The van der Waals surface area contributed by atoms with Crippen molar-refractivity contribution in [2.75, 3.05) is 19.7 Å². The highest BCUT2D eigenvalue weighted by molar-refractivity contribution is 7.80. The third kappa shape index (κ3) is 3.70. The Hall–Kier alpha value is -0.190. The molecule has 2 atom stereocenters. The Morgan fingerprint density at radius 3 is 2.87 bits per heavy atom. The molecule has 1 rings (SSSR count). The molecule has 2 unspecified atom stereocenters. The summed E-state index contributed by atoms with van der Waals surface area (Å²) in [6.45, 7) is 7.05. The molecule has 15 heavy (non-hydrogen) atoms. The van der Waals surface area contributed by atoms with Gasteiger partial charge in [0.25, 0.3) is 0 Å². The first kappa shape index (κ1) is 12.9. The lowest BCUT2D eigenvalue weighted by molar-refractivity contribution is 0.000292. The van der Waals surface area contributed by atoms with Crippen molar-refractivity contribution >= 4 is 17.2 Å². The molecule has 0 amide bonds. The van der Waals surface area contributed by atoms with Gasteiger partial charge in [0.15, 0.2) is 0 Å². The zero-order valence-corrected chi connectivity index (χ0v) is 10.6. The van der Waals surface area contributed by atoms with Gasteiger partial charge in [-0.2, -0.15) is 0 Å². The van der Waals surface area contributed by atoms with Crippen LogP contribution in [0.2, 0.25) is 0 Å². The van der Waals surface area contributed by atoms with Crippen LogP contribution in [0.25, 0.3) is 0 Å². The Balaban J connectivity index is 2.50. The fraction of sp³-hybridized carbons (Fsp3) is 0.909.